The SMILES string of the molecule is [CH2]C(C)(CCC)CCCC. The minimum Gasteiger partial charge on any atom is -0.0654 e. The summed E-state index contributed by atoms with van der Waals surface area (Å²) in [5.41, 5.74) is 0.352. The predicted octanol–water partition coefficient (Wildman–Crippen LogP) is 3.82. The highest BCUT2D eigenvalue weighted by Gasteiger charge is 2.14. The van der Waals surface area contributed by atoms with Gasteiger partial charge in [0.1, 0.15) is 0 Å². The van der Waals surface area contributed by atoms with Gasteiger partial charge >= 0.3 is 0 Å². The summed E-state index contributed by atoms with van der Waals surface area (Å²) >= 11 is 0. The normalized spacial score (nSPS) is 12.0. The maximum absolute atomic E-state index is 4.20. The Morgan fingerprint density at radius 2 is 1.70 bits per heavy atom. The molecule has 0 bridgehead atoms. The van der Waals surface area contributed by atoms with Gasteiger partial charge in [0, 0.05) is 0 Å². The molecule has 0 rings (SSSR count). The molecule has 0 saturated heterocycles. The van der Waals surface area contributed by atoms with E-state index in [1.807, 2.05) is 0 Å². The van der Waals surface area contributed by atoms with Gasteiger partial charge in [0.05, 0.1) is 0 Å². The maximum Gasteiger partial charge on any atom is -0.0326 e. The van der Waals surface area contributed by atoms with E-state index in [1.165, 1.54) is 32.1 Å². The molecule has 0 aromatic rings. The number of hydrogen-bond donors (Lipinski definition) is 0. The van der Waals surface area contributed by atoms with E-state index in [-0.39, 0.29) is 0 Å². The molecule has 0 spiro atoms. The van der Waals surface area contributed by atoms with E-state index in [9.17, 15) is 0 Å². The highest BCUT2D eigenvalue weighted by molar-refractivity contribution is 4.75. The monoisotopic (exact) mass is 141 g/mol. The van der Waals surface area contributed by atoms with E-state index < -0.39 is 0 Å². The largest absolute Gasteiger partial charge is 0.0654 e. The Labute approximate surface area is 66.0 Å². The van der Waals surface area contributed by atoms with Gasteiger partial charge in [-0.1, -0.05) is 40.0 Å². The first-order chi connectivity index (χ1) is 4.62. The summed E-state index contributed by atoms with van der Waals surface area (Å²) < 4.78 is 0. The van der Waals surface area contributed by atoms with Crippen LogP contribution in [0.4, 0.5) is 0 Å². The summed E-state index contributed by atoms with van der Waals surface area (Å²) in [6, 6.07) is 0. The Morgan fingerprint density at radius 1 is 1.10 bits per heavy atom. The molecule has 0 aliphatic heterocycles. The quantitative estimate of drug-likeness (QED) is 0.546. The Balaban J connectivity index is 3.42. The Morgan fingerprint density at radius 3 is 2.10 bits per heavy atom. The lowest BCUT2D eigenvalue weighted by Gasteiger charge is -2.23. The molecule has 0 aliphatic rings. The maximum atomic E-state index is 4.20. The standard InChI is InChI=1S/C10H21/c1-5-7-9-10(3,4)8-6-2/h3,5-9H2,1-2,4H3. The first-order valence-corrected chi connectivity index (χ1v) is 4.47. The molecule has 0 heterocycles. The zero-order valence-corrected chi connectivity index (χ0v) is 7.74. The summed E-state index contributed by atoms with van der Waals surface area (Å²) in [6.45, 7) is 10.9. The van der Waals surface area contributed by atoms with Crippen molar-refractivity contribution in [2.24, 2.45) is 5.41 Å². The summed E-state index contributed by atoms with van der Waals surface area (Å²) in [4.78, 5) is 0. The summed E-state index contributed by atoms with van der Waals surface area (Å²) in [7, 11) is 0. The van der Waals surface area contributed by atoms with E-state index in [1.54, 1.807) is 0 Å². The van der Waals surface area contributed by atoms with Crippen LogP contribution in [-0.4, -0.2) is 0 Å². The fraction of sp³-hybridized carbons (Fsp3) is 0.900. The van der Waals surface area contributed by atoms with Gasteiger partial charge in [0.25, 0.3) is 0 Å². The first kappa shape index (κ1) is 10.0. The van der Waals surface area contributed by atoms with Crippen LogP contribution < -0.4 is 0 Å². The molecular formula is C10H21. The van der Waals surface area contributed by atoms with Crippen LogP contribution in [-0.2, 0) is 0 Å². The second-order valence-electron chi connectivity index (χ2n) is 3.66. The predicted molar refractivity (Wildman–Crippen MR) is 47.9 cm³/mol. The van der Waals surface area contributed by atoms with Crippen molar-refractivity contribution in [2.45, 2.75) is 52.9 Å². The minimum absolute atomic E-state index is 0.352. The van der Waals surface area contributed by atoms with Gasteiger partial charge in [0.15, 0.2) is 0 Å². The van der Waals surface area contributed by atoms with Crippen molar-refractivity contribution >= 4 is 0 Å². The van der Waals surface area contributed by atoms with Gasteiger partial charge in [-0.05, 0) is 25.2 Å². The molecular weight excluding hydrogens is 120 g/mol. The van der Waals surface area contributed by atoms with Gasteiger partial charge in [-0.2, -0.15) is 0 Å². The average Bonchev–Trinajstić information content (AvgIpc) is 1.84. The van der Waals surface area contributed by atoms with Crippen LogP contribution in [0.3, 0.4) is 0 Å². The van der Waals surface area contributed by atoms with Crippen molar-refractivity contribution in [1.82, 2.24) is 0 Å². The molecule has 0 aromatic heterocycles. The molecule has 1 unspecified atom stereocenters. The molecule has 1 atom stereocenters. The van der Waals surface area contributed by atoms with Crippen molar-refractivity contribution < 1.29 is 0 Å². The lowest BCUT2D eigenvalue weighted by Crippen LogP contribution is -2.10. The average molecular weight is 141 g/mol. The Kier molecular flexibility index (Phi) is 4.76. The van der Waals surface area contributed by atoms with E-state index in [4.69, 9.17) is 0 Å². The van der Waals surface area contributed by atoms with Crippen LogP contribution in [0.15, 0.2) is 0 Å². The van der Waals surface area contributed by atoms with Crippen LogP contribution in [0.25, 0.3) is 0 Å². The zero-order chi connectivity index (χ0) is 8.04. The third-order valence-corrected chi connectivity index (χ3v) is 1.99. The van der Waals surface area contributed by atoms with E-state index >= 15 is 0 Å². The molecule has 0 saturated carbocycles. The second-order valence-corrected chi connectivity index (χ2v) is 3.66. The van der Waals surface area contributed by atoms with E-state index in [0.29, 0.717) is 5.41 Å². The van der Waals surface area contributed by atoms with Crippen molar-refractivity contribution in [3.63, 3.8) is 0 Å². The van der Waals surface area contributed by atoms with Gasteiger partial charge in [-0.25, -0.2) is 0 Å². The first-order valence-electron chi connectivity index (χ1n) is 4.47. The van der Waals surface area contributed by atoms with Gasteiger partial charge in [0.2, 0.25) is 0 Å². The third kappa shape index (κ3) is 4.84. The molecule has 0 amide bonds. The second kappa shape index (κ2) is 4.76. The van der Waals surface area contributed by atoms with Gasteiger partial charge in [-0.15, -0.1) is 0 Å². The summed E-state index contributed by atoms with van der Waals surface area (Å²) in [5.74, 6) is 0. The molecule has 61 valence electrons. The lowest BCUT2D eigenvalue weighted by molar-refractivity contribution is 0.340. The summed E-state index contributed by atoms with van der Waals surface area (Å²) in [6.07, 6.45) is 6.46. The van der Waals surface area contributed by atoms with Crippen LogP contribution in [0, 0.1) is 12.3 Å². The highest BCUT2D eigenvalue weighted by atomic mass is 14.2. The Bertz CT molecular complexity index is 72.1. The van der Waals surface area contributed by atoms with Gasteiger partial charge < -0.3 is 0 Å². The van der Waals surface area contributed by atoms with Crippen LogP contribution >= 0.6 is 0 Å². The van der Waals surface area contributed by atoms with Crippen LogP contribution in [0.2, 0.25) is 0 Å². The van der Waals surface area contributed by atoms with Crippen molar-refractivity contribution in [3.05, 3.63) is 6.92 Å². The van der Waals surface area contributed by atoms with Gasteiger partial charge in [-0.3, -0.25) is 0 Å². The summed E-state index contributed by atoms with van der Waals surface area (Å²) in [5, 5.41) is 0. The molecule has 0 nitrogen and oxygen atoms in total. The highest BCUT2D eigenvalue weighted by Crippen LogP contribution is 2.27. The fourth-order valence-electron chi connectivity index (χ4n) is 1.33. The lowest BCUT2D eigenvalue weighted by atomic mass is 9.83. The van der Waals surface area contributed by atoms with E-state index in [0.717, 1.165) is 0 Å². The topological polar surface area (TPSA) is 0 Å². The van der Waals surface area contributed by atoms with Crippen LogP contribution in [0.5, 0.6) is 0 Å². The van der Waals surface area contributed by atoms with E-state index in [2.05, 4.69) is 27.7 Å². The molecule has 0 fully saturated rings. The minimum atomic E-state index is 0.352. The smallest absolute Gasteiger partial charge is 0.0326 e. The molecule has 0 N–H and O–H groups in total. The number of rotatable bonds is 5. The molecule has 1 radical (unpaired) electrons. The third-order valence-electron chi connectivity index (χ3n) is 1.99. The molecule has 10 heavy (non-hydrogen) atoms. The zero-order valence-electron chi connectivity index (χ0n) is 7.74. The number of unbranched alkanes of at least 4 members (excludes halogenated alkanes) is 1. The number of hydrogen-bond acceptors (Lipinski definition) is 0. The fourth-order valence-corrected chi connectivity index (χ4v) is 1.33. The van der Waals surface area contributed by atoms with Crippen molar-refractivity contribution in [2.75, 3.05) is 0 Å². The molecule has 0 heteroatoms. The van der Waals surface area contributed by atoms with Crippen molar-refractivity contribution in [3.8, 4) is 0 Å². The molecule has 0 aromatic carbocycles. The van der Waals surface area contributed by atoms with Crippen LogP contribution in [0.1, 0.15) is 52.9 Å². The molecule has 0 aliphatic carbocycles. The van der Waals surface area contributed by atoms with Crippen molar-refractivity contribution in [1.29, 1.82) is 0 Å². The Hall–Kier alpha value is 0.